The minimum atomic E-state index is -3.61. The highest BCUT2D eigenvalue weighted by atomic mass is 32.2. The Kier molecular flexibility index (Phi) is 8.27. The number of esters is 2. The predicted octanol–water partition coefficient (Wildman–Crippen LogP) is 3.58. The van der Waals surface area contributed by atoms with Gasteiger partial charge < -0.3 is 9.47 Å². The van der Waals surface area contributed by atoms with Gasteiger partial charge in [-0.05, 0) is 65.9 Å². The molecule has 1 saturated carbocycles. The van der Waals surface area contributed by atoms with Crippen LogP contribution in [0.15, 0.2) is 30.3 Å². The SMILES string of the molecule is CC(C)(C)OC(=O)C(C)(C)CNS(=O)(=O)C1CCC(C(=O)OCc2ccccc2)CC1. The van der Waals surface area contributed by atoms with Crippen LogP contribution in [0.4, 0.5) is 0 Å². The monoisotopic (exact) mass is 453 g/mol. The van der Waals surface area contributed by atoms with Crippen LogP contribution in [0.3, 0.4) is 0 Å². The van der Waals surface area contributed by atoms with Crippen molar-refractivity contribution in [2.75, 3.05) is 6.54 Å². The van der Waals surface area contributed by atoms with Crippen LogP contribution in [0, 0.1) is 11.3 Å². The maximum Gasteiger partial charge on any atom is 0.313 e. The lowest BCUT2D eigenvalue weighted by atomic mass is 9.89. The molecular formula is C23H35NO6S. The quantitative estimate of drug-likeness (QED) is 0.604. The van der Waals surface area contributed by atoms with Gasteiger partial charge in [-0.25, -0.2) is 13.1 Å². The number of nitrogens with one attached hydrogen (secondary N) is 1. The van der Waals surface area contributed by atoms with Gasteiger partial charge in [-0.15, -0.1) is 0 Å². The molecule has 174 valence electrons. The van der Waals surface area contributed by atoms with Crippen molar-refractivity contribution in [3.8, 4) is 0 Å². The number of hydrogen-bond donors (Lipinski definition) is 1. The summed E-state index contributed by atoms with van der Waals surface area (Å²) in [6.45, 7) is 8.81. The van der Waals surface area contributed by atoms with Crippen LogP contribution in [0.1, 0.15) is 65.9 Å². The van der Waals surface area contributed by atoms with E-state index in [2.05, 4.69) is 4.72 Å². The van der Waals surface area contributed by atoms with Crippen LogP contribution in [0.25, 0.3) is 0 Å². The van der Waals surface area contributed by atoms with E-state index in [0.29, 0.717) is 25.7 Å². The van der Waals surface area contributed by atoms with E-state index in [0.717, 1.165) is 5.56 Å². The number of rotatable bonds is 8. The highest BCUT2D eigenvalue weighted by Gasteiger charge is 2.37. The van der Waals surface area contributed by atoms with Crippen LogP contribution in [-0.4, -0.2) is 37.8 Å². The lowest BCUT2D eigenvalue weighted by molar-refractivity contribution is -0.165. The highest BCUT2D eigenvalue weighted by molar-refractivity contribution is 7.90. The van der Waals surface area contributed by atoms with Crippen molar-refractivity contribution >= 4 is 22.0 Å². The number of sulfonamides is 1. The van der Waals surface area contributed by atoms with Crippen LogP contribution in [0.2, 0.25) is 0 Å². The predicted molar refractivity (Wildman–Crippen MR) is 119 cm³/mol. The van der Waals surface area contributed by atoms with Crippen molar-refractivity contribution in [2.24, 2.45) is 11.3 Å². The summed E-state index contributed by atoms with van der Waals surface area (Å²) >= 11 is 0. The van der Waals surface area contributed by atoms with Gasteiger partial charge in [0.15, 0.2) is 0 Å². The maximum absolute atomic E-state index is 12.7. The van der Waals surface area contributed by atoms with Crippen LogP contribution in [-0.2, 0) is 35.7 Å². The van der Waals surface area contributed by atoms with E-state index in [9.17, 15) is 18.0 Å². The molecule has 0 spiro atoms. The molecule has 1 fully saturated rings. The van der Waals surface area contributed by atoms with E-state index in [4.69, 9.17) is 9.47 Å². The Morgan fingerprint density at radius 3 is 2.13 bits per heavy atom. The van der Waals surface area contributed by atoms with Crippen LogP contribution >= 0.6 is 0 Å². The Morgan fingerprint density at radius 1 is 1.00 bits per heavy atom. The van der Waals surface area contributed by atoms with Gasteiger partial charge in [-0.2, -0.15) is 0 Å². The molecule has 0 heterocycles. The van der Waals surface area contributed by atoms with Gasteiger partial charge in [0.1, 0.15) is 12.2 Å². The summed E-state index contributed by atoms with van der Waals surface area (Å²) in [5.74, 6) is -1.01. The third-order valence-electron chi connectivity index (χ3n) is 5.34. The molecule has 1 aromatic rings. The van der Waals surface area contributed by atoms with Crippen molar-refractivity contribution in [3.63, 3.8) is 0 Å². The summed E-state index contributed by atoms with van der Waals surface area (Å²) < 4.78 is 38.9. The van der Waals surface area contributed by atoms with Gasteiger partial charge in [-0.1, -0.05) is 30.3 Å². The molecular weight excluding hydrogens is 418 g/mol. The molecule has 2 rings (SSSR count). The minimum absolute atomic E-state index is 0.0384. The van der Waals surface area contributed by atoms with Gasteiger partial charge in [0.25, 0.3) is 0 Å². The van der Waals surface area contributed by atoms with Gasteiger partial charge >= 0.3 is 11.9 Å². The zero-order valence-corrected chi connectivity index (χ0v) is 20.0. The Labute approximate surface area is 185 Å². The summed E-state index contributed by atoms with van der Waals surface area (Å²) in [6.07, 6.45) is 1.70. The summed E-state index contributed by atoms with van der Waals surface area (Å²) in [5, 5.41) is -0.583. The van der Waals surface area contributed by atoms with Crippen molar-refractivity contribution < 1.29 is 27.5 Å². The van der Waals surface area contributed by atoms with E-state index < -0.39 is 32.3 Å². The number of ether oxygens (including phenoxy) is 2. The van der Waals surface area contributed by atoms with E-state index in [1.54, 1.807) is 34.6 Å². The fraction of sp³-hybridized carbons (Fsp3) is 0.652. The first-order chi connectivity index (χ1) is 14.3. The van der Waals surface area contributed by atoms with Gasteiger partial charge in [0.2, 0.25) is 10.0 Å². The second kappa shape index (κ2) is 10.1. The molecule has 1 aromatic carbocycles. The van der Waals surface area contributed by atoms with Crippen molar-refractivity contribution in [2.45, 2.75) is 77.8 Å². The Hall–Kier alpha value is -1.93. The number of carbonyl (C=O) groups excluding carboxylic acids is 2. The molecule has 0 saturated heterocycles. The molecule has 8 heteroatoms. The molecule has 0 atom stereocenters. The average Bonchev–Trinajstić information content (AvgIpc) is 2.70. The van der Waals surface area contributed by atoms with Crippen LogP contribution in [0.5, 0.6) is 0 Å². The summed E-state index contributed by atoms with van der Waals surface area (Å²) in [5.41, 5.74) is -0.705. The number of hydrogen-bond acceptors (Lipinski definition) is 6. The molecule has 0 bridgehead atoms. The molecule has 7 nitrogen and oxygen atoms in total. The van der Waals surface area contributed by atoms with Crippen molar-refractivity contribution in [3.05, 3.63) is 35.9 Å². The molecule has 0 aromatic heterocycles. The normalized spacial score (nSPS) is 20.2. The zero-order valence-electron chi connectivity index (χ0n) is 19.1. The molecule has 1 aliphatic rings. The zero-order chi connectivity index (χ0) is 23.3. The Balaban J connectivity index is 1.82. The molecule has 31 heavy (non-hydrogen) atoms. The lowest BCUT2D eigenvalue weighted by Gasteiger charge is -2.30. The Morgan fingerprint density at radius 2 is 1.58 bits per heavy atom. The highest BCUT2D eigenvalue weighted by Crippen LogP contribution is 2.30. The third kappa shape index (κ3) is 7.92. The summed E-state index contributed by atoms with van der Waals surface area (Å²) in [4.78, 5) is 24.7. The summed E-state index contributed by atoms with van der Waals surface area (Å²) in [6, 6.07) is 9.45. The fourth-order valence-electron chi connectivity index (χ4n) is 3.34. The van der Waals surface area contributed by atoms with Crippen molar-refractivity contribution in [1.82, 2.24) is 4.72 Å². The fourth-order valence-corrected chi connectivity index (χ4v) is 5.03. The summed E-state index contributed by atoms with van der Waals surface area (Å²) in [7, 11) is -3.61. The number of benzene rings is 1. The second-order valence-corrected chi connectivity index (χ2v) is 11.9. The smallest absolute Gasteiger partial charge is 0.313 e. The number of carbonyl (C=O) groups is 2. The second-order valence-electron chi connectivity index (χ2n) is 9.82. The van der Waals surface area contributed by atoms with Crippen LogP contribution < -0.4 is 4.72 Å². The van der Waals surface area contributed by atoms with E-state index in [1.165, 1.54) is 0 Å². The van der Waals surface area contributed by atoms with Gasteiger partial charge in [-0.3, -0.25) is 9.59 Å². The first-order valence-corrected chi connectivity index (χ1v) is 12.3. The van der Waals surface area contributed by atoms with E-state index >= 15 is 0 Å². The molecule has 0 unspecified atom stereocenters. The third-order valence-corrected chi connectivity index (χ3v) is 7.23. The van der Waals surface area contributed by atoms with E-state index in [1.807, 2.05) is 30.3 Å². The van der Waals surface area contributed by atoms with E-state index in [-0.39, 0.29) is 25.0 Å². The largest absolute Gasteiger partial charge is 0.461 e. The maximum atomic E-state index is 12.7. The molecule has 0 amide bonds. The topological polar surface area (TPSA) is 98.8 Å². The minimum Gasteiger partial charge on any atom is -0.461 e. The molecule has 0 radical (unpaired) electrons. The molecule has 0 aliphatic heterocycles. The lowest BCUT2D eigenvalue weighted by Crippen LogP contribution is -2.45. The first kappa shape index (κ1) is 25.3. The Bertz CT molecular complexity index is 850. The van der Waals surface area contributed by atoms with Gasteiger partial charge in [0, 0.05) is 6.54 Å². The average molecular weight is 454 g/mol. The standard InChI is InChI=1S/C23H35NO6S/c1-22(2,3)30-21(26)23(4,5)16-24-31(27,28)19-13-11-18(12-14-19)20(25)29-15-17-9-7-6-8-10-17/h6-10,18-19,24H,11-16H2,1-5H3. The molecule has 1 aliphatic carbocycles. The molecule has 1 N–H and O–H groups in total. The first-order valence-electron chi connectivity index (χ1n) is 10.7. The van der Waals surface area contributed by atoms with Gasteiger partial charge in [0.05, 0.1) is 16.6 Å². The van der Waals surface area contributed by atoms with Crippen molar-refractivity contribution in [1.29, 1.82) is 0 Å².